The highest BCUT2D eigenvalue weighted by Crippen LogP contribution is 2.14. The molecule has 1 nitrogen and oxygen atoms in total. The molecule has 0 saturated heterocycles. The first kappa shape index (κ1) is 14.2. The van der Waals surface area contributed by atoms with Crippen molar-refractivity contribution in [2.45, 2.75) is 18.9 Å². The molecule has 0 heterocycles. The molecular weight excluding hydrogens is 305 g/mol. The molecule has 0 spiro atoms. The summed E-state index contributed by atoms with van der Waals surface area (Å²) in [5.74, 6) is -0.170. The van der Waals surface area contributed by atoms with E-state index in [0.717, 1.165) is 22.9 Å². The van der Waals surface area contributed by atoms with Gasteiger partial charge in [0.15, 0.2) is 0 Å². The van der Waals surface area contributed by atoms with Crippen LogP contribution in [0, 0.1) is 5.82 Å². The van der Waals surface area contributed by atoms with Crippen LogP contribution in [0.2, 0.25) is 0 Å². The summed E-state index contributed by atoms with van der Waals surface area (Å²) in [4.78, 5) is 0. The molecule has 0 bridgehead atoms. The summed E-state index contributed by atoms with van der Waals surface area (Å²) in [6, 6.07) is 15.4. The van der Waals surface area contributed by atoms with E-state index in [0.29, 0.717) is 6.04 Å². The molecule has 0 aliphatic heterocycles. The third kappa shape index (κ3) is 4.44. The molecule has 1 N–H and O–H groups in total. The Morgan fingerprint density at radius 3 is 2.37 bits per heavy atom. The van der Waals surface area contributed by atoms with Gasteiger partial charge in [-0.2, -0.15) is 0 Å². The lowest BCUT2D eigenvalue weighted by molar-refractivity contribution is 0.553. The van der Waals surface area contributed by atoms with E-state index in [1.807, 2.05) is 25.2 Å². The van der Waals surface area contributed by atoms with E-state index < -0.39 is 0 Å². The predicted molar refractivity (Wildman–Crippen MR) is 80.8 cm³/mol. The summed E-state index contributed by atoms with van der Waals surface area (Å²) in [5.41, 5.74) is 2.30. The first-order valence-corrected chi connectivity index (χ1v) is 7.13. The minimum atomic E-state index is -0.170. The highest BCUT2D eigenvalue weighted by Gasteiger charge is 2.09. The fourth-order valence-electron chi connectivity index (χ4n) is 2.13. The van der Waals surface area contributed by atoms with E-state index in [4.69, 9.17) is 0 Å². The van der Waals surface area contributed by atoms with E-state index in [1.54, 1.807) is 12.1 Å². The first-order valence-electron chi connectivity index (χ1n) is 6.33. The van der Waals surface area contributed by atoms with Crippen LogP contribution < -0.4 is 5.32 Å². The lowest BCUT2D eigenvalue weighted by Crippen LogP contribution is -2.29. The van der Waals surface area contributed by atoms with Crippen molar-refractivity contribution in [1.82, 2.24) is 5.32 Å². The Kier molecular flexibility index (Phi) is 5.11. The Hall–Kier alpha value is -1.19. The molecule has 0 saturated carbocycles. The number of halogens is 2. The van der Waals surface area contributed by atoms with Gasteiger partial charge in [-0.15, -0.1) is 0 Å². The third-order valence-corrected chi connectivity index (χ3v) is 3.70. The van der Waals surface area contributed by atoms with Crippen molar-refractivity contribution in [2.24, 2.45) is 0 Å². The van der Waals surface area contributed by atoms with E-state index in [1.165, 1.54) is 11.6 Å². The molecule has 0 fully saturated rings. The van der Waals surface area contributed by atoms with Crippen molar-refractivity contribution in [1.29, 1.82) is 0 Å². The normalized spacial score (nSPS) is 12.4. The number of likely N-dealkylation sites (N-methyl/N-ethyl adjacent to an activating group) is 1. The van der Waals surface area contributed by atoms with Crippen LogP contribution in [-0.2, 0) is 12.8 Å². The van der Waals surface area contributed by atoms with Gasteiger partial charge in [0, 0.05) is 10.5 Å². The summed E-state index contributed by atoms with van der Waals surface area (Å²) in [5, 5.41) is 3.30. The maximum atomic E-state index is 13.2. The predicted octanol–water partition coefficient (Wildman–Crippen LogP) is 3.96. The van der Waals surface area contributed by atoms with Gasteiger partial charge < -0.3 is 5.32 Å². The smallest absolute Gasteiger partial charge is 0.123 e. The average Bonchev–Trinajstić information content (AvgIpc) is 2.40. The molecule has 0 aromatic heterocycles. The van der Waals surface area contributed by atoms with Crippen LogP contribution in [-0.4, -0.2) is 13.1 Å². The minimum Gasteiger partial charge on any atom is -0.316 e. The van der Waals surface area contributed by atoms with Crippen LogP contribution in [0.15, 0.2) is 53.0 Å². The molecule has 2 aromatic carbocycles. The van der Waals surface area contributed by atoms with Gasteiger partial charge in [-0.25, -0.2) is 4.39 Å². The molecule has 0 aliphatic rings. The van der Waals surface area contributed by atoms with Crippen LogP contribution in [0.1, 0.15) is 11.1 Å². The van der Waals surface area contributed by atoms with E-state index in [2.05, 4.69) is 33.4 Å². The minimum absolute atomic E-state index is 0.170. The number of rotatable bonds is 5. The average molecular weight is 322 g/mol. The van der Waals surface area contributed by atoms with E-state index >= 15 is 0 Å². The van der Waals surface area contributed by atoms with Gasteiger partial charge in [-0.05, 0) is 55.3 Å². The van der Waals surface area contributed by atoms with Gasteiger partial charge in [0.1, 0.15) is 5.82 Å². The molecule has 1 atom stereocenters. The second-order valence-electron chi connectivity index (χ2n) is 4.65. The van der Waals surface area contributed by atoms with Gasteiger partial charge in [-0.1, -0.05) is 40.2 Å². The summed E-state index contributed by atoms with van der Waals surface area (Å²) in [7, 11) is 1.95. The van der Waals surface area contributed by atoms with Crippen molar-refractivity contribution >= 4 is 15.9 Å². The second-order valence-corrected chi connectivity index (χ2v) is 5.57. The second kappa shape index (κ2) is 6.83. The summed E-state index contributed by atoms with van der Waals surface area (Å²) in [6.07, 6.45) is 1.75. The van der Waals surface area contributed by atoms with E-state index in [-0.39, 0.29) is 5.82 Å². The Labute approximate surface area is 122 Å². The molecule has 2 rings (SSSR count). The summed E-state index contributed by atoms with van der Waals surface area (Å²) < 4.78 is 14.3. The molecule has 0 radical (unpaired) electrons. The standard InChI is InChI=1S/C16H17BrFN/c1-19-16(10-12-5-7-14(17)8-6-12)11-13-3-2-4-15(18)9-13/h2-9,16,19H,10-11H2,1H3. The molecule has 100 valence electrons. The lowest BCUT2D eigenvalue weighted by atomic mass is 9.99. The zero-order valence-electron chi connectivity index (χ0n) is 10.9. The SMILES string of the molecule is CNC(Cc1ccc(Br)cc1)Cc1cccc(F)c1. The van der Waals surface area contributed by atoms with Crippen LogP contribution in [0.4, 0.5) is 4.39 Å². The highest BCUT2D eigenvalue weighted by atomic mass is 79.9. The quantitative estimate of drug-likeness (QED) is 0.878. The number of hydrogen-bond acceptors (Lipinski definition) is 1. The van der Waals surface area contributed by atoms with Crippen LogP contribution in [0.3, 0.4) is 0 Å². The summed E-state index contributed by atoms with van der Waals surface area (Å²) >= 11 is 3.43. The molecule has 19 heavy (non-hydrogen) atoms. The van der Waals surface area contributed by atoms with Gasteiger partial charge in [0.2, 0.25) is 0 Å². The van der Waals surface area contributed by atoms with Crippen molar-refractivity contribution in [2.75, 3.05) is 7.05 Å². The Balaban J connectivity index is 2.02. The molecule has 0 amide bonds. The zero-order valence-corrected chi connectivity index (χ0v) is 12.5. The van der Waals surface area contributed by atoms with E-state index in [9.17, 15) is 4.39 Å². The molecule has 0 aliphatic carbocycles. The first-order chi connectivity index (χ1) is 9.17. The van der Waals surface area contributed by atoms with Crippen LogP contribution >= 0.6 is 15.9 Å². The highest BCUT2D eigenvalue weighted by molar-refractivity contribution is 9.10. The topological polar surface area (TPSA) is 12.0 Å². The van der Waals surface area contributed by atoms with Crippen molar-refractivity contribution < 1.29 is 4.39 Å². The summed E-state index contributed by atoms with van der Waals surface area (Å²) in [6.45, 7) is 0. The maximum absolute atomic E-state index is 13.2. The third-order valence-electron chi connectivity index (χ3n) is 3.17. The Morgan fingerprint density at radius 2 is 1.74 bits per heavy atom. The fraction of sp³-hybridized carbons (Fsp3) is 0.250. The Morgan fingerprint density at radius 1 is 1.05 bits per heavy atom. The monoisotopic (exact) mass is 321 g/mol. The molecule has 1 unspecified atom stereocenters. The van der Waals surface area contributed by atoms with Crippen molar-refractivity contribution in [3.05, 3.63) is 69.9 Å². The van der Waals surface area contributed by atoms with Crippen molar-refractivity contribution in [3.63, 3.8) is 0 Å². The van der Waals surface area contributed by atoms with Gasteiger partial charge >= 0.3 is 0 Å². The van der Waals surface area contributed by atoms with Gasteiger partial charge in [0.05, 0.1) is 0 Å². The molecule has 2 aromatic rings. The molecular formula is C16H17BrFN. The van der Waals surface area contributed by atoms with Crippen LogP contribution in [0.25, 0.3) is 0 Å². The number of nitrogens with one attached hydrogen (secondary N) is 1. The fourth-order valence-corrected chi connectivity index (χ4v) is 2.39. The Bertz CT molecular complexity index is 525. The number of hydrogen-bond donors (Lipinski definition) is 1. The maximum Gasteiger partial charge on any atom is 0.123 e. The van der Waals surface area contributed by atoms with Crippen molar-refractivity contribution in [3.8, 4) is 0 Å². The van der Waals surface area contributed by atoms with Crippen LogP contribution in [0.5, 0.6) is 0 Å². The van der Waals surface area contributed by atoms with Gasteiger partial charge in [-0.3, -0.25) is 0 Å². The molecule has 3 heteroatoms. The zero-order chi connectivity index (χ0) is 13.7. The largest absolute Gasteiger partial charge is 0.316 e. The number of benzene rings is 2. The van der Waals surface area contributed by atoms with Gasteiger partial charge in [0.25, 0.3) is 0 Å². The lowest BCUT2D eigenvalue weighted by Gasteiger charge is -2.16.